The van der Waals surface area contributed by atoms with Crippen LogP contribution in [0.2, 0.25) is 0 Å². The van der Waals surface area contributed by atoms with E-state index in [0.717, 1.165) is 24.6 Å². The van der Waals surface area contributed by atoms with Crippen molar-refractivity contribution in [3.05, 3.63) is 35.4 Å². The van der Waals surface area contributed by atoms with Crippen molar-refractivity contribution in [1.82, 2.24) is 10.2 Å². The summed E-state index contributed by atoms with van der Waals surface area (Å²) >= 11 is 0. The zero-order valence-corrected chi connectivity index (χ0v) is 11.2. The lowest BCUT2D eigenvalue weighted by molar-refractivity contribution is 0.167. The van der Waals surface area contributed by atoms with E-state index in [9.17, 15) is 0 Å². The summed E-state index contributed by atoms with van der Waals surface area (Å²) in [6.45, 7) is 4.70. The molecule has 0 amide bonds. The molecule has 0 radical (unpaired) electrons. The standard InChI is InChI=1S/C15H24N2O/c1-16-9-15-3-2-8-17(11-15)10-13-4-6-14(12-18)7-5-13/h4-7,15-16,18H,2-3,8-12H2,1H3. The number of piperidine rings is 1. The van der Waals surface area contributed by atoms with Crippen LogP contribution in [0.15, 0.2) is 24.3 Å². The quantitative estimate of drug-likeness (QED) is 0.831. The summed E-state index contributed by atoms with van der Waals surface area (Å²) < 4.78 is 0. The Morgan fingerprint density at radius 1 is 1.28 bits per heavy atom. The molecular weight excluding hydrogens is 224 g/mol. The van der Waals surface area contributed by atoms with Crippen molar-refractivity contribution in [3.63, 3.8) is 0 Å². The molecule has 1 unspecified atom stereocenters. The first-order valence-electron chi connectivity index (χ1n) is 6.87. The molecule has 1 saturated heterocycles. The van der Waals surface area contributed by atoms with E-state index in [1.165, 1.54) is 31.5 Å². The molecular formula is C15H24N2O. The van der Waals surface area contributed by atoms with Crippen LogP contribution in [0, 0.1) is 5.92 Å². The van der Waals surface area contributed by atoms with Gasteiger partial charge in [-0.3, -0.25) is 4.90 Å². The summed E-state index contributed by atoms with van der Waals surface area (Å²) in [5, 5.41) is 12.3. The first kappa shape index (κ1) is 13.5. The Labute approximate surface area is 110 Å². The maximum Gasteiger partial charge on any atom is 0.0681 e. The molecule has 0 spiro atoms. The Hall–Kier alpha value is -0.900. The molecule has 2 rings (SSSR count). The minimum absolute atomic E-state index is 0.133. The van der Waals surface area contributed by atoms with Gasteiger partial charge in [-0.1, -0.05) is 24.3 Å². The molecule has 0 aromatic heterocycles. The normalized spacial score (nSPS) is 21.1. The van der Waals surface area contributed by atoms with E-state index in [0.29, 0.717) is 0 Å². The monoisotopic (exact) mass is 248 g/mol. The summed E-state index contributed by atoms with van der Waals surface area (Å²) in [6, 6.07) is 8.30. The van der Waals surface area contributed by atoms with E-state index in [4.69, 9.17) is 5.11 Å². The van der Waals surface area contributed by atoms with Crippen molar-refractivity contribution in [2.45, 2.75) is 26.0 Å². The molecule has 1 atom stereocenters. The molecule has 3 nitrogen and oxygen atoms in total. The number of aliphatic hydroxyl groups excluding tert-OH is 1. The van der Waals surface area contributed by atoms with E-state index < -0.39 is 0 Å². The van der Waals surface area contributed by atoms with Crippen molar-refractivity contribution in [2.24, 2.45) is 5.92 Å². The van der Waals surface area contributed by atoms with Crippen LogP contribution in [0.3, 0.4) is 0 Å². The smallest absolute Gasteiger partial charge is 0.0681 e. The second kappa shape index (κ2) is 6.88. The summed E-state index contributed by atoms with van der Waals surface area (Å²) in [5.41, 5.74) is 2.34. The summed E-state index contributed by atoms with van der Waals surface area (Å²) in [6.07, 6.45) is 2.65. The highest BCUT2D eigenvalue weighted by Crippen LogP contribution is 2.18. The van der Waals surface area contributed by atoms with Crippen LogP contribution in [0.25, 0.3) is 0 Å². The van der Waals surface area contributed by atoms with Gasteiger partial charge >= 0.3 is 0 Å². The Morgan fingerprint density at radius 3 is 2.67 bits per heavy atom. The van der Waals surface area contributed by atoms with Crippen LogP contribution >= 0.6 is 0 Å². The summed E-state index contributed by atoms with van der Waals surface area (Å²) in [7, 11) is 2.03. The third-order valence-electron chi connectivity index (χ3n) is 3.71. The molecule has 1 aromatic carbocycles. The molecule has 1 aliphatic heterocycles. The SMILES string of the molecule is CNCC1CCCN(Cc2ccc(CO)cc2)C1. The van der Waals surface area contributed by atoms with Gasteiger partial charge in [-0.15, -0.1) is 0 Å². The fourth-order valence-electron chi connectivity index (χ4n) is 2.76. The van der Waals surface area contributed by atoms with Crippen LogP contribution in [-0.4, -0.2) is 36.7 Å². The van der Waals surface area contributed by atoms with Crippen LogP contribution < -0.4 is 5.32 Å². The Balaban J connectivity index is 1.87. The van der Waals surface area contributed by atoms with Crippen LogP contribution in [-0.2, 0) is 13.2 Å². The zero-order chi connectivity index (χ0) is 12.8. The Bertz CT molecular complexity index is 348. The van der Waals surface area contributed by atoms with Crippen molar-refractivity contribution < 1.29 is 5.11 Å². The minimum atomic E-state index is 0.133. The molecule has 1 heterocycles. The van der Waals surface area contributed by atoms with Crippen LogP contribution in [0.1, 0.15) is 24.0 Å². The number of benzene rings is 1. The maximum atomic E-state index is 9.03. The van der Waals surface area contributed by atoms with Crippen molar-refractivity contribution in [2.75, 3.05) is 26.7 Å². The fraction of sp³-hybridized carbons (Fsp3) is 0.600. The van der Waals surface area contributed by atoms with Gasteiger partial charge < -0.3 is 10.4 Å². The number of rotatable bonds is 5. The van der Waals surface area contributed by atoms with Gasteiger partial charge in [0.2, 0.25) is 0 Å². The van der Waals surface area contributed by atoms with Gasteiger partial charge in [-0.2, -0.15) is 0 Å². The van der Waals surface area contributed by atoms with Gasteiger partial charge in [0.05, 0.1) is 6.61 Å². The van der Waals surface area contributed by atoms with Crippen molar-refractivity contribution in [1.29, 1.82) is 0 Å². The van der Waals surface area contributed by atoms with E-state index in [-0.39, 0.29) is 6.61 Å². The lowest BCUT2D eigenvalue weighted by Gasteiger charge is -2.32. The Morgan fingerprint density at radius 2 is 2.00 bits per heavy atom. The largest absolute Gasteiger partial charge is 0.392 e. The van der Waals surface area contributed by atoms with Gasteiger partial charge in [0, 0.05) is 13.1 Å². The topological polar surface area (TPSA) is 35.5 Å². The highest BCUT2D eigenvalue weighted by atomic mass is 16.3. The van der Waals surface area contributed by atoms with Crippen LogP contribution in [0.4, 0.5) is 0 Å². The summed E-state index contributed by atoms with van der Waals surface area (Å²) in [4.78, 5) is 2.54. The van der Waals surface area contributed by atoms with E-state index in [2.05, 4.69) is 22.3 Å². The number of hydrogen-bond acceptors (Lipinski definition) is 3. The van der Waals surface area contributed by atoms with Gasteiger partial charge in [-0.05, 0) is 50.0 Å². The highest BCUT2D eigenvalue weighted by Gasteiger charge is 2.19. The first-order chi connectivity index (χ1) is 8.81. The lowest BCUT2D eigenvalue weighted by atomic mass is 9.97. The molecule has 18 heavy (non-hydrogen) atoms. The molecule has 2 N–H and O–H groups in total. The molecule has 0 aliphatic carbocycles. The average molecular weight is 248 g/mol. The van der Waals surface area contributed by atoms with Crippen molar-refractivity contribution in [3.8, 4) is 0 Å². The molecule has 1 aliphatic rings. The molecule has 100 valence electrons. The lowest BCUT2D eigenvalue weighted by Crippen LogP contribution is -2.38. The predicted molar refractivity (Wildman–Crippen MR) is 74.3 cm³/mol. The maximum absolute atomic E-state index is 9.03. The predicted octanol–water partition coefficient (Wildman–Crippen LogP) is 1.61. The second-order valence-electron chi connectivity index (χ2n) is 5.28. The van der Waals surface area contributed by atoms with Gasteiger partial charge in [0.25, 0.3) is 0 Å². The second-order valence-corrected chi connectivity index (χ2v) is 5.28. The number of aliphatic hydroxyl groups is 1. The average Bonchev–Trinajstić information content (AvgIpc) is 2.40. The third-order valence-corrected chi connectivity index (χ3v) is 3.71. The first-order valence-corrected chi connectivity index (χ1v) is 6.87. The van der Waals surface area contributed by atoms with Crippen molar-refractivity contribution >= 4 is 0 Å². The molecule has 0 bridgehead atoms. The molecule has 0 saturated carbocycles. The Kier molecular flexibility index (Phi) is 5.17. The molecule has 3 heteroatoms. The highest BCUT2D eigenvalue weighted by molar-refractivity contribution is 5.21. The van der Waals surface area contributed by atoms with Gasteiger partial charge in [0.1, 0.15) is 0 Å². The molecule has 1 fully saturated rings. The summed E-state index contributed by atoms with van der Waals surface area (Å²) in [5.74, 6) is 0.792. The molecule has 1 aromatic rings. The van der Waals surface area contributed by atoms with E-state index in [1.54, 1.807) is 0 Å². The van der Waals surface area contributed by atoms with Gasteiger partial charge in [0.15, 0.2) is 0 Å². The minimum Gasteiger partial charge on any atom is -0.392 e. The number of likely N-dealkylation sites (tertiary alicyclic amines) is 1. The number of nitrogens with zero attached hydrogens (tertiary/aromatic N) is 1. The number of nitrogens with one attached hydrogen (secondary N) is 1. The van der Waals surface area contributed by atoms with E-state index >= 15 is 0 Å². The zero-order valence-electron chi connectivity index (χ0n) is 11.2. The van der Waals surface area contributed by atoms with Crippen LogP contribution in [0.5, 0.6) is 0 Å². The van der Waals surface area contributed by atoms with E-state index in [1.807, 2.05) is 19.2 Å². The third kappa shape index (κ3) is 3.80. The number of hydrogen-bond donors (Lipinski definition) is 2. The van der Waals surface area contributed by atoms with Gasteiger partial charge in [-0.25, -0.2) is 0 Å². The fourth-order valence-corrected chi connectivity index (χ4v) is 2.76.